The van der Waals surface area contributed by atoms with Crippen LogP contribution < -0.4 is 4.90 Å². The minimum absolute atomic E-state index is 0.308. The molecular weight excluding hydrogens is 322 g/mol. The monoisotopic (exact) mass is 337 g/mol. The van der Waals surface area contributed by atoms with E-state index in [9.17, 15) is 4.79 Å². The highest BCUT2D eigenvalue weighted by molar-refractivity contribution is 7.09. The number of hydrogen-bond donors (Lipinski definition) is 1. The Morgan fingerprint density at radius 3 is 2.91 bits per heavy atom. The van der Waals surface area contributed by atoms with E-state index in [1.807, 2.05) is 29.2 Å². The fourth-order valence-electron chi connectivity index (χ4n) is 2.58. The first kappa shape index (κ1) is 15.2. The Bertz CT molecular complexity index is 659. The largest absolute Gasteiger partial charge is 0.481 e. The van der Waals surface area contributed by atoms with Crippen LogP contribution in [0.3, 0.4) is 0 Å². The maximum atomic E-state index is 11.1. The molecule has 3 rings (SSSR count). The molecule has 116 valence electrons. The summed E-state index contributed by atoms with van der Waals surface area (Å²) in [6.45, 7) is 1.37. The lowest BCUT2D eigenvalue weighted by Gasteiger charge is -2.29. The van der Waals surface area contributed by atoms with Crippen LogP contribution in [-0.4, -0.2) is 33.5 Å². The average molecular weight is 338 g/mol. The zero-order chi connectivity index (χ0) is 15.5. The van der Waals surface area contributed by atoms with Crippen LogP contribution in [-0.2, 0) is 11.2 Å². The number of carboxylic acids is 1. The van der Waals surface area contributed by atoms with Gasteiger partial charge >= 0.3 is 5.97 Å². The third-order valence-electron chi connectivity index (χ3n) is 3.77. The van der Waals surface area contributed by atoms with E-state index in [2.05, 4.69) is 9.36 Å². The van der Waals surface area contributed by atoms with Crippen LogP contribution in [0.1, 0.15) is 24.2 Å². The van der Waals surface area contributed by atoms with Gasteiger partial charge in [-0.3, -0.25) is 4.79 Å². The Morgan fingerprint density at radius 2 is 2.18 bits per heavy atom. The van der Waals surface area contributed by atoms with Gasteiger partial charge in [0.2, 0.25) is 5.13 Å². The highest BCUT2D eigenvalue weighted by Gasteiger charge is 2.27. The third kappa shape index (κ3) is 3.56. The van der Waals surface area contributed by atoms with Crippen LogP contribution in [0.5, 0.6) is 0 Å². The molecule has 1 aromatic heterocycles. The van der Waals surface area contributed by atoms with Crippen molar-refractivity contribution in [3.05, 3.63) is 40.7 Å². The number of benzene rings is 1. The molecular formula is C15H16ClN3O2S. The fraction of sp³-hybridized carbons (Fsp3) is 0.400. The second kappa shape index (κ2) is 6.62. The van der Waals surface area contributed by atoms with Gasteiger partial charge in [0.25, 0.3) is 0 Å². The van der Waals surface area contributed by atoms with E-state index in [-0.39, 0.29) is 5.92 Å². The van der Waals surface area contributed by atoms with Gasteiger partial charge in [-0.1, -0.05) is 23.7 Å². The van der Waals surface area contributed by atoms with Gasteiger partial charge < -0.3 is 10.0 Å². The second-order valence-electron chi connectivity index (χ2n) is 5.42. The minimum atomic E-state index is -0.726. The summed E-state index contributed by atoms with van der Waals surface area (Å²) < 4.78 is 4.39. The number of carboxylic acid groups (broad SMARTS) is 1. The summed E-state index contributed by atoms with van der Waals surface area (Å²) in [6, 6.07) is 7.63. The van der Waals surface area contributed by atoms with Gasteiger partial charge in [-0.15, -0.1) is 0 Å². The van der Waals surface area contributed by atoms with Crippen LogP contribution in [0.4, 0.5) is 5.13 Å². The molecule has 0 spiro atoms. The van der Waals surface area contributed by atoms with E-state index in [0.717, 1.165) is 35.9 Å². The molecule has 7 heteroatoms. The molecule has 5 nitrogen and oxygen atoms in total. The predicted molar refractivity (Wildman–Crippen MR) is 86.7 cm³/mol. The first-order chi connectivity index (χ1) is 10.6. The summed E-state index contributed by atoms with van der Waals surface area (Å²) in [5, 5.41) is 10.7. The molecule has 0 aliphatic carbocycles. The summed E-state index contributed by atoms with van der Waals surface area (Å²) in [4.78, 5) is 17.7. The Hall–Kier alpha value is -1.66. The van der Waals surface area contributed by atoms with Gasteiger partial charge in [0.05, 0.1) is 5.92 Å². The lowest BCUT2D eigenvalue weighted by molar-refractivity contribution is -0.141. The predicted octanol–water partition coefficient (Wildman–Crippen LogP) is 3.08. The zero-order valence-corrected chi connectivity index (χ0v) is 13.5. The third-order valence-corrected chi connectivity index (χ3v) is 4.84. The van der Waals surface area contributed by atoms with Crippen molar-refractivity contribution >= 4 is 34.2 Å². The topological polar surface area (TPSA) is 66.3 Å². The molecule has 0 unspecified atom stereocenters. The number of nitrogens with zero attached hydrogens (tertiary/aromatic N) is 3. The number of piperidine rings is 1. The quantitative estimate of drug-likeness (QED) is 0.928. The van der Waals surface area contributed by atoms with Crippen LogP contribution in [0.2, 0.25) is 5.02 Å². The molecule has 1 atom stereocenters. The van der Waals surface area contributed by atoms with Gasteiger partial charge in [0, 0.05) is 36.1 Å². The fourth-order valence-corrected chi connectivity index (χ4v) is 3.43. The van der Waals surface area contributed by atoms with E-state index in [0.29, 0.717) is 18.0 Å². The normalized spacial score (nSPS) is 18.4. The van der Waals surface area contributed by atoms with Gasteiger partial charge in [0.1, 0.15) is 5.82 Å². The van der Waals surface area contributed by atoms with E-state index >= 15 is 0 Å². The minimum Gasteiger partial charge on any atom is -0.481 e. The number of carbonyl (C=O) groups is 1. The maximum Gasteiger partial charge on any atom is 0.308 e. The smallest absolute Gasteiger partial charge is 0.308 e. The van der Waals surface area contributed by atoms with E-state index < -0.39 is 5.97 Å². The SMILES string of the molecule is O=C(O)[C@@H]1CCCN(c2nc(Cc3ccc(Cl)cc3)ns2)C1. The molecule has 0 bridgehead atoms. The standard InChI is InChI=1S/C15H16ClN3O2S/c16-12-5-3-10(4-6-12)8-13-17-15(22-18-13)19-7-1-2-11(9-19)14(20)21/h3-6,11H,1-2,7-9H2,(H,20,21)/t11-/m1/s1. The second-order valence-corrected chi connectivity index (χ2v) is 6.59. The Kier molecular flexibility index (Phi) is 4.59. The molecule has 22 heavy (non-hydrogen) atoms. The first-order valence-corrected chi connectivity index (χ1v) is 8.32. The molecule has 1 saturated heterocycles. The molecule has 0 saturated carbocycles. The summed E-state index contributed by atoms with van der Waals surface area (Å²) in [5.41, 5.74) is 1.11. The molecule has 0 amide bonds. The number of halogens is 1. The number of rotatable bonds is 4. The molecule has 2 aromatic rings. The highest BCUT2D eigenvalue weighted by atomic mass is 35.5. The summed E-state index contributed by atoms with van der Waals surface area (Å²) in [5.74, 6) is -0.271. The lowest BCUT2D eigenvalue weighted by Crippen LogP contribution is -2.38. The molecule has 2 heterocycles. The highest BCUT2D eigenvalue weighted by Crippen LogP contribution is 2.25. The van der Waals surface area contributed by atoms with E-state index in [1.165, 1.54) is 11.5 Å². The number of aliphatic carboxylic acids is 1. The maximum absolute atomic E-state index is 11.1. The van der Waals surface area contributed by atoms with Crippen LogP contribution in [0.25, 0.3) is 0 Å². The first-order valence-electron chi connectivity index (χ1n) is 7.16. The van der Waals surface area contributed by atoms with Crippen LogP contribution in [0, 0.1) is 5.92 Å². The van der Waals surface area contributed by atoms with Crippen molar-refractivity contribution in [1.29, 1.82) is 0 Å². The van der Waals surface area contributed by atoms with Crippen molar-refractivity contribution in [1.82, 2.24) is 9.36 Å². The summed E-state index contributed by atoms with van der Waals surface area (Å²) >= 11 is 7.21. The number of aromatic nitrogens is 2. The Balaban J connectivity index is 1.68. The van der Waals surface area contributed by atoms with Crippen molar-refractivity contribution in [2.75, 3.05) is 18.0 Å². The van der Waals surface area contributed by atoms with Crippen molar-refractivity contribution in [2.45, 2.75) is 19.3 Å². The van der Waals surface area contributed by atoms with Crippen LogP contribution >= 0.6 is 23.1 Å². The molecule has 1 fully saturated rings. The Morgan fingerprint density at radius 1 is 1.41 bits per heavy atom. The van der Waals surface area contributed by atoms with Crippen LogP contribution in [0.15, 0.2) is 24.3 Å². The van der Waals surface area contributed by atoms with Gasteiger partial charge in [-0.05, 0) is 30.5 Å². The molecule has 1 aliphatic heterocycles. The lowest BCUT2D eigenvalue weighted by atomic mass is 9.99. The molecule has 1 aromatic carbocycles. The van der Waals surface area contributed by atoms with E-state index in [1.54, 1.807) is 0 Å². The van der Waals surface area contributed by atoms with Gasteiger partial charge in [0.15, 0.2) is 0 Å². The molecule has 1 N–H and O–H groups in total. The Labute approximate surface area is 137 Å². The van der Waals surface area contributed by atoms with Crippen molar-refractivity contribution in [2.24, 2.45) is 5.92 Å². The van der Waals surface area contributed by atoms with Gasteiger partial charge in [-0.25, -0.2) is 4.98 Å². The van der Waals surface area contributed by atoms with Crippen molar-refractivity contribution in [3.8, 4) is 0 Å². The summed E-state index contributed by atoms with van der Waals surface area (Å²) in [7, 11) is 0. The molecule has 1 aliphatic rings. The van der Waals surface area contributed by atoms with Gasteiger partial charge in [-0.2, -0.15) is 4.37 Å². The van der Waals surface area contributed by atoms with Crippen molar-refractivity contribution in [3.63, 3.8) is 0 Å². The summed E-state index contributed by atoms with van der Waals surface area (Å²) in [6.07, 6.45) is 2.27. The molecule has 0 radical (unpaired) electrons. The number of hydrogen-bond acceptors (Lipinski definition) is 5. The van der Waals surface area contributed by atoms with Crippen molar-refractivity contribution < 1.29 is 9.90 Å². The number of anilines is 1. The van der Waals surface area contributed by atoms with E-state index in [4.69, 9.17) is 16.7 Å². The average Bonchev–Trinajstić information content (AvgIpc) is 2.98. The zero-order valence-electron chi connectivity index (χ0n) is 11.9.